The molecule has 0 aromatic heterocycles. The van der Waals surface area contributed by atoms with Crippen molar-refractivity contribution >= 4 is 44.8 Å². The molecular weight excluding hydrogens is 474 g/mol. The van der Waals surface area contributed by atoms with E-state index in [0.29, 0.717) is 5.02 Å². The topological polar surface area (TPSA) is 95.6 Å². The van der Waals surface area contributed by atoms with Crippen LogP contribution in [0.5, 0.6) is 0 Å². The predicted octanol–water partition coefficient (Wildman–Crippen LogP) is 4.70. The monoisotopic (exact) mass is 499 g/mol. The first-order chi connectivity index (χ1) is 16.0. The van der Waals surface area contributed by atoms with Gasteiger partial charge in [-0.05, 0) is 69.3 Å². The van der Waals surface area contributed by atoms with Crippen molar-refractivity contribution in [3.63, 3.8) is 0 Å². The third-order valence-corrected chi connectivity index (χ3v) is 6.71. The Kier molecular flexibility index (Phi) is 7.64. The van der Waals surface area contributed by atoms with E-state index < -0.39 is 28.0 Å². The van der Waals surface area contributed by atoms with Gasteiger partial charge in [-0.25, -0.2) is 8.42 Å². The number of carbonyl (C=O) groups excluding carboxylic acids is 2. The third kappa shape index (κ3) is 6.36. The number of anilines is 2. The van der Waals surface area contributed by atoms with Crippen LogP contribution in [0.3, 0.4) is 0 Å². The number of amides is 2. The van der Waals surface area contributed by atoms with Gasteiger partial charge >= 0.3 is 0 Å². The normalized spacial score (nSPS) is 11.5. The van der Waals surface area contributed by atoms with E-state index in [-0.39, 0.29) is 27.7 Å². The van der Waals surface area contributed by atoms with E-state index in [0.717, 1.165) is 4.31 Å². The lowest BCUT2D eigenvalue weighted by atomic mass is 10.1. The van der Waals surface area contributed by atoms with Gasteiger partial charge in [-0.1, -0.05) is 41.9 Å². The number of sulfonamides is 1. The second-order valence-electron chi connectivity index (χ2n) is 8.60. The molecule has 0 fully saturated rings. The van der Waals surface area contributed by atoms with Crippen LogP contribution in [0.2, 0.25) is 5.02 Å². The van der Waals surface area contributed by atoms with Crippen LogP contribution >= 0.6 is 11.6 Å². The van der Waals surface area contributed by atoms with Crippen molar-refractivity contribution in [2.45, 2.75) is 31.2 Å². The Bertz CT molecular complexity index is 1270. The number of carbonyl (C=O) groups is 2. The molecule has 0 aliphatic carbocycles. The van der Waals surface area contributed by atoms with E-state index in [9.17, 15) is 18.0 Å². The molecule has 3 aromatic carbocycles. The van der Waals surface area contributed by atoms with Crippen LogP contribution in [0.4, 0.5) is 11.4 Å². The van der Waals surface area contributed by atoms with Crippen LogP contribution in [0.15, 0.2) is 83.8 Å². The molecule has 178 valence electrons. The Morgan fingerprint density at radius 3 is 2.09 bits per heavy atom. The van der Waals surface area contributed by atoms with Crippen LogP contribution in [-0.4, -0.2) is 32.3 Å². The molecule has 0 unspecified atom stereocenters. The molecule has 2 amide bonds. The van der Waals surface area contributed by atoms with Crippen LogP contribution in [0.1, 0.15) is 31.1 Å². The molecule has 0 bridgehead atoms. The minimum Gasteiger partial charge on any atom is -0.347 e. The van der Waals surface area contributed by atoms with Crippen LogP contribution < -0.4 is 14.9 Å². The van der Waals surface area contributed by atoms with E-state index >= 15 is 0 Å². The lowest BCUT2D eigenvalue weighted by molar-refractivity contribution is -0.114. The SMILES string of the molecule is CC(C)(C)NC(=O)c1ccccc1NC(=O)CN(c1ccc(Cl)cc1)S(=O)(=O)c1ccccc1. The maximum Gasteiger partial charge on any atom is 0.264 e. The average Bonchev–Trinajstić information content (AvgIpc) is 2.78. The van der Waals surface area contributed by atoms with Gasteiger partial charge in [0.05, 0.1) is 21.8 Å². The van der Waals surface area contributed by atoms with Gasteiger partial charge in [0.2, 0.25) is 5.91 Å². The number of hydrogen-bond donors (Lipinski definition) is 2. The molecule has 3 rings (SSSR count). The van der Waals surface area contributed by atoms with E-state index in [2.05, 4.69) is 10.6 Å². The average molecular weight is 500 g/mol. The summed E-state index contributed by atoms with van der Waals surface area (Å²) in [5.74, 6) is -0.958. The van der Waals surface area contributed by atoms with Gasteiger partial charge in [0, 0.05) is 10.6 Å². The zero-order valence-electron chi connectivity index (χ0n) is 19.1. The van der Waals surface area contributed by atoms with Crippen molar-refractivity contribution in [2.75, 3.05) is 16.2 Å². The van der Waals surface area contributed by atoms with E-state index in [4.69, 9.17) is 11.6 Å². The highest BCUT2D eigenvalue weighted by molar-refractivity contribution is 7.92. The maximum absolute atomic E-state index is 13.4. The number of halogens is 1. The first kappa shape index (κ1) is 25.3. The second kappa shape index (κ2) is 10.3. The molecular formula is C25H26ClN3O4S. The Morgan fingerprint density at radius 2 is 1.47 bits per heavy atom. The first-order valence-corrected chi connectivity index (χ1v) is 12.3. The summed E-state index contributed by atoms with van der Waals surface area (Å²) in [6, 6.07) is 20.6. The largest absolute Gasteiger partial charge is 0.347 e. The molecule has 0 aliphatic heterocycles. The zero-order chi connectivity index (χ0) is 24.9. The Morgan fingerprint density at radius 1 is 0.882 bits per heavy atom. The van der Waals surface area contributed by atoms with Crippen molar-refractivity contribution in [2.24, 2.45) is 0 Å². The van der Waals surface area contributed by atoms with Crippen molar-refractivity contribution < 1.29 is 18.0 Å². The minimum atomic E-state index is -4.05. The van der Waals surface area contributed by atoms with Crippen LogP contribution in [-0.2, 0) is 14.8 Å². The molecule has 34 heavy (non-hydrogen) atoms. The molecule has 0 atom stereocenters. The quantitative estimate of drug-likeness (QED) is 0.492. The van der Waals surface area contributed by atoms with E-state index in [1.165, 1.54) is 24.3 Å². The van der Waals surface area contributed by atoms with Crippen LogP contribution in [0.25, 0.3) is 0 Å². The molecule has 0 heterocycles. The Hall–Kier alpha value is -3.36. The van der Waals surface area contributed by atoms with Gasteiger partial charge in [0.15, 0.2) is 0 Å². The predicted molar refractivity (Wildman–Crippen MR) is 135 cm³/mol. The lowest BCUT2D eigenvalue weighted by Gasteiger charge is -2.25. The van der Waals surface area contributed by atoms with Gasteiger partial charge in [0.1, 0.15) is 6.54 Å². The van der Waals surface area contributed by atoms with Crippen molar-refractivity contribution in [1.82, 2.24) is 5.32 Å². The molecule has 2 N–H and O–H groups in total. The molecule has 9 heteroatoms. The minimum absolute atomic E-state index is 0.0442. The summed E-state index contributed by atoms with van der Waals surface area (Å²) >= 11 is 5.97. The van der Waals surface area contributed by atoms with Crippen molar-refractivity contribution in [1.29, 1.82) is 0 Å². The highest BCUT2D eigenvalue weighted by Gasteiger charge is 2.28. The van der Waals surface area contributed by atoms with Gasteiger partial charge in [0.25, 0.3) is 15.9 Å². The zero-order valence-corrected chi connectivity index (χ0v) is 20.7. The van der Waals surface area contributed by atoms with Gasteiger partial charge < -0.3 is 10.6 Å². The summed E-state index contributed by atoms with van der Waals surface area (Å²) in [4.78, 5) is 25.8. The lowest BCUT2D eigenvalue weighted by Crippen LogP contribution is -2.41. The Labute approximate surface area is 204 Å². The van der Waals surface area contributed by atoms with Gasteiger partial charge in [-0.15, -0.1) is 0 Å². The van der Waals surface area contributed by atoms with Crippen LogP contribution in [0, 0.1) is 0 Å². The summed E-state index contributed by atoms with van der Waals surface area (Å²) in [7, 11) is -4.05. The summed E-state index contributed by atoms with van der Waals surface area (Å²) in [6.45, 7) is 5.05. The molecule has 7 nitrogen and oxygen atoms in total. The molecule has 0 saturated heterocycles. The summed E-state index contributed by atoms with van der Waals surface area (Å²) in [6.07, 6.45) is 0. The number of para-hydroxylation sites is 1. The van der Waals surface area contributed by atoms with E-state index in [1.807, 2.05) is 20.8 Å². The standard InChI is InChI=1S/C25H26ClN3O4S/c1-25(2,3)28-24(31)21-11-7-8-12-22(21)27-23(30)17-29(19-15-13-18(26)14-16-19)34(32,33)20-9-5-4-6-10-20/h4-16H,17H2,1-3H3,(H,27,30)(H,28,31). The summed E-state index contributed by atoms with van der Waals surface area (Å²) < 4.78 is 27.8. The highest BCUT2D eigenvalue weighted by Crippen LogP contribution is 2.25. The highest BCUT2D eigenvalue weighted by atomic mass is 35.5. The van der Waals surface area contributed by atoms with Gasteiger partial charge in [-0.3, -0.25) is 13.9 Å². The van der Waals surface area contributed by atoms with Crippen molar-refractivity contribution in [3.8, 4) is 0 Å². The molecule has 0 spiro atoms. The number of hydrogen-bond acceptors (Lipinski definition) is 4. The fourth-order valence-electron chi connectivity index (χ4n) is 3.16. The summed E-state index contributed by atoms with van der Waals surface area (Å²) in [5, 5.41) is 5.97. The Balaban J connectivity index is 1.91. The molecule has 0 aliphatic rings. The summed E-state index contributed by atoms with van der Waals surface area (Å²) in [5.41, 5.74) is 0.364. The fourth-order valence-corrected chi connectivity index (χ4v) is 4.73. The first-order valence-electron chi connectivity index (χ1n) is 10.5. The maximum atomic E-state index is 13.4. The number of nitrogens with one attached hydrogen (secondary N) is 2. The molecule has 3 aromatic rings. The number of benzene rings is 3. The molecule has 0 saturated carbocycles. The van der Waals surface area contributed by atoms with Gasteiger partial charge in [-0.2, -0.15) is 0 Å². The number of rotatable bonds is 7. The van der Waals surface area contributed by atoms with E-state index in [1.54, 1.807) is 54.6 Å². The smallest absolute Gasteiger partial charge is 0.264 e. The van der Waals surface area contributed by atoms with Crippen molar-refractivity contribution in [3.05, 3.63) is 89.4 Å². The molecule has 0 radical (unpaired) electrons. The number of nitrogens with zero attached hydrogens (tertiary/aromatic N) is 1. The fraction of sp³-hybridized carbons (Fsp3) is 0.200. The third-order valence-electron chi connectivity index (χ3n) is 4.67. The second-order valence-corrected chi connectivity index (χ2v) is 10.9.